The Hall–Kier alpha value is -2.57. The van der Waals surface area contributed by atoms with Crippen molar-refractivity contribution in [2.24, 2.45) is 0 Å². The normalized spacial score (nSPS) is 14.6. The minimum Gasteiger partial charge on any atom is -0.497 e. The zero-order valence-corrected chi connectivity index (χ0v) is 18.5. The largest absolute Gasteiger partial charge is 0.497 e. The number of hydrogen-bond donors (Lipinski definition) is 2. The predicted octanol–water partition coefficient (Wildman–Crippen LogP) is 3.54. The molecule has 6 nitrogen and oxygen atoms in total. The molecule has 0 unspecified atom stereocenters. The lowest BCUT2D eigenvalue weighted by molar-refractivity contribution is -0.123. The van der Waals surface area contributed by atoms with Gasteiger partial charge in [0.15, 0.2) is 0 Å². The summed E-state index contributed by atoms with van der Waals surface area (Å²) < 4.78 is 10.6. The molecule has 0 aromatic heterocycles. The van der Waals surface area contributed by atoms with Crippen molar-refractivity contribution in [2.45, 2.75) is 44.2 Å². The van der Waals surface area contributed by atoms with E-state index >= 15 is 0 Å². The second kappa shape index (κ2) is 11.7. The van der Waals surface area contributed by atoms with Gasteiger partial charge in [-0.2, -0.15) is 0 Å². The van der Waals surface area contributed by atoms with E-state index in [9.17, 15) is 9.90 Å². The van der Waals surface area contributed by atoms with Gasteiger partial charge in [-0.1, -0.05) is 43.5 Å². The third kappa shape index (κ3) is 6.45. The molecule has 168 valence electrons. The summed E-state index contributed by atoms with van der Waals surface area (Å²) in [5, 5.41) is 12.7. The van der Waals surface area contributed by atoms with Gasteiger partial charge >= 0.3 is 0 Å². The van der Waals surface area contributed by atoms with Crippen molar-refractivity contribution < 1.29 is 19.4 Å². The molecule has 31 heavy (non-hydrogen) atoms. The molecular formula is C25H34N2O4. The summed E-state index contributed by atoms with van der Waals surface area (Å²) in [5.74, 6) is 1.50. The fourth-order valence-corrected chi connectivity index (χ4v) is 4.31. The molecular weight excluding hydrogens is 392 g/mol. The van der Waals surface area contributed by atoms with Crippen LogP contribution in [-0.4, -0.2) is 55.9 Å². The third-order valence-electron chi connectivity index (χ3n) is 6.03. The number of aliphatic hydroxyl groups is 1. The van der Waals surface area contributed by atoms with Crippen LogP contribution in [0, 0.1) is 0 Å². The Morgan fingerprint density at radius 1 is 0.968 bits per heavy atom. The molecule has 0 saturated heterocycles. The number of nitrogens with one attached hydrogen (secondary N) is 1. The van der Waals surface area contributed by atoms with E-state index in [2.05, 4.69) is 10.2 Å². The lowest BCUT2D eigenvalue weighted by Gasteiger charge is -2.34. The van der Waals surface area contributed by atoms with Crippen LogP contribution in [0.15, 0.2) is 48.5 Å². The molecule has 0 aliphatic heterocycles. The third-order valence-corrected chi connectivity index (χ3v) is 6.03. The number of benzene rings is 2. The quantitative estimate of drug-likeness (QED) is 0.608. The van der Waals surface area contributed by atoms with Gasteiger partial charge in [0, 0.05) is 12.6 Å². The highest BCUT2D eigenvalue weighted by atomic mass is 16.5. The van der Waals surface area contributed by atoms with E-state index in [1.54, 1.807) is 14.2 Å². The maximum atomic E-state index is 13.1. The number of hydrogen-bond acceptors (Lipinski definition) is 5. The van der Waals surface area contributed by atoms with Gasteiger partial charge in [0.2, 0.25) is 5.91 Å². The Morgan fingerprint density at radius 3 is 1.94 bits per heavy atom. The summed E-state index contributed by atoms with van der Waals surface area (Å²) in [6.07, 6.45) is 5.82. The number of ether oxygens (including phenoxy) is 2. The molecule has 1 saturated carbocycles. The summed E-state index contributed by atoms with van der Waals surface area (Å²) in [4.78, 5) is 15.2. The highest BCUT2D eigenvalue weighted by Gasteiger charge is 2.24. The van der Waals surface area contributed by atoms with E-state index in [1.165, 1.54) is 19.3 Å². The van der Waals surface area contributed by atoms with Gasteiger partial charge < -0.3 is 19.9 Å². The van der Waals surface area contributed by atoms with E-state index in [0.29, 0.717) is 12.6 Å². The number of carbonyl (C=O) groups is 1. The predicted molar refractivity (Wildman–Crippen MR) is 122 cm³/mol. The summed E-state index contributed by atoms with van der Waals surface area (Å²) in [5.41, 5.74) is 1.95. The lowest BCUT2D eigenvalue weighted by atomic mass is 9.94. The van der Waals surface area contributed by atoms with Gasteiger partial charge in [-0.05, 0) is 48.2 Å². The number of amides is 1. The molecule has 3 rings (SSSR count). The van der Waals surface area contributed by atoms with Crippen molar-refractivity contribution in [1.82, 2.24) is 10.2 Å². The number of nitrogens with zero attached hydrogens (tertiary/aromatic N) is 1. The number of carbonyl (C=O) groups excluding carboxylic acids is 1. The first-order chi connectivity index (χ1) is 15.1. The van der Waals surface area contributed by atoms with E-state index < -0.39 is 0 Å². The second-order valence-corrected chi connectivity index (χ2v) is 8.03. The van der Waals surface area contributed by atoms with Gasteiger partial charge in [0.05, 0.1) is 33.4 Å². The molecule has 6 heteroatoms. The highest BCUT2D eigenvalue weighted by molar-refractivity contribution is 5.79. The monoisotopic (exact) mass is 426 g/mol. The molecule has 0 spiro atoms. The van der Waals surface area contributed by atoms with Crippen molar-refractivity contribution in [2.75, 3.05) is 33.9 Å². The van der Waals surface area contributed by atoms with E-state index in [4.69, 9.17) is 9.47 Å². The van der Waals surface area contributed by atoms with Gasteiger partial charge in [-0.15, -0.1) is 0 Å². The van der Waals surface area contributed by atoms with Crippen LogP contribution in [-0.2, 0) is 4.79 Å². The molecule has 2 aromatic rings. The summed E-state index contributed by atoms with van der Waals surface area (Å²) in [6.45, 7) is 0.867. The van der Waals surface area contributed by atoms with Crippen LogP contribution in [0.3, 0.4) is 0 Å². The number of methoxy groups -OCH3 is 2. The van der Waals surface area contributed by atoms with Crippen LogP contribution < -0.4 is 14.8 Å². The first kappa shape index (κ1) is 23.1. The molecule has 0 atom stereocenters. The molecule has 1 aliphatic rings. The molecule has 1 amide bonds. The Bertz CT molecular complexity index is 754. The van der Waals surface area contributed by atoms with Crippen LogP contribution in [0.1, 0.15) is 49.3 Å². The SMILES string of the molecule is COc1ccc(C(NC(=O)CN(CCO)C2CCCCC2)c2ccc(OC)cc2)cc1. The number of rotatable bonds is 10. The van der Waals surface area contributed by atoms with Crippen LogP contribution in [0.4, 0.5) is 0 Å². The summed E-state index contributed by atoms with van der Waals surface area (Å²) >= 11 is 0. The van der Waals surface area contributed by atoms with Crippen molar-refractivity contribution in [1.29, 1.82) is 0 Å². The average Bonchev–Trinajstić information content (AvgIpc) is 2.83. The smallest absolute Gasteiger partial charge is 0.234 e. The fourth-order valence-electron chi connectivity index (χ4n) is 4.31. The molecule has 2 N–H and O–H groups in total. The van der Waals surface area contributed by atoms with Crippen LogP contribution in [0.5, 0.6) is 11.5 Å². The van der Waals surface area contributed by atoms with E-state index in [0.717, 1.165) is 35.5 Å². The van der Waals surface area contributed by atoms with Crippen molar-refractivity contribution in [3.05, 3.63) is 59.7 Å². The standard InChI is InChI=1S/C25H34N2O4/c1-30-22-12-8-19(9-13-22)25(20-10-14-23(31-2)15-11-20)26-24(29)18-27(16-17-28)21-6-4-3-5-7-21/h8-15,21,25,28H,3-7,16-18H2,1-2H3,(H,26,29). The topological polar surface area (TPSA) is 71.0 Å². The van der Waals surface area contributed by atoms with Gasteiger partial charge in [-0.25, -0.2) is 0 Å². The molecule has 2 aromatic carbocycles. The lowest BCUT2D eigenvalue weighted by Crippen LogP contribution is -2.45. The molecule has 1 fully saturated rings. The Balaban J connectivity index is 1.77. The highest BCUT2D eigenvalue weighted by Crippen LogP contribution is 2.26. The first-order valence-corrected chi connectivity index (χ1v) is 11.1. The first-order valence-electron chi connectivity index (χ1n) is 11.1. The van der Waals surface area contributed by atoms with Crippen molar-refractivity contribution >= 4 is 5.91 Å². The van der Waals surface area contributed by atoms with Gasteiger partial charge in [0.1, 0.15) is 11.5 Å². The maximum Gasteiger partial charge on any atom is 0.234 e. The minimum absolute atomic E-state index is 0.0457. The molecule has 1 aliphatic carbocycles. The minimum atomic E-state index is -0.286. The van der Waals surface area contributed by atoms with Crippen LogP contribution in [0.2, 0.25) is 0 Å². The Labute approximate surface area is 185 Å². The molecule has 0 bridgehead atoms. The molecule has 0 heterocycles. The second-order valence-electron chi connectivity index (χ2n) is 8.03. The van der Waals surface area contributed by atoms with E-state index in [1.807, 2.05) is 48.5 Å². The van der Waals surface area contributed by atoms with Gasteiger partial charge in [-0.3, -0.25) is 9.69 Å². The number of aliphatic hydroxyl groups excluding tert-OH is 1. The van der Waals surface area contributed by atoms with Crippen molar-refractivity contribution in [3.63, 3.8) is 0 Å². The zero-order valence-electron chi connectivity index (χ0n) is 18.5. The zero-order chi connectivity index (χ0) is 22.1. The van der Waals surface area contributed by atoms with Crippen molar-refractivity contribution in [3.8, 4) is 11.5 Å². The van der Waals surface area contributed by atoms with Gasteiger partial charge in [0.25, 0.3) is 0 Å². The summed E-state index contributed by atoms with van der Waals surface area (Å²) in [6, 6.07) is 15.6. The molecule has 0 radical (unpaired) electrons. The van der Waals surface area contributed by atoms with Crippen LogP contribution in [0.25, 0.3) is 0 Å². The van der Waals surface area contributed by atoms with E-state index in [-0.39, 0.29) is 25.1 Å². The average molecular weight is 427 g/mol. The maximum absolute atomic E-state index is 13.1. The Morgan fingerprint density at radius 2 is 1.48 bits per heavy atom. The summed E-state index contributed by atoms with van der Waals surface area (Å²) in [7, 11) is 3.28. The Kier molecular flexibility index (Phi) is 8.74. The van der Waals surface area contributed by atoms with Crippen LogP contribution >= 0.6 is 0 Å². The fraction of sp³-hybridized carbons (Fsp3) is 0.480.